The second kappa shape index (κ2) is 10.6. The Hall–Kier alpha value is -5.42. The van der Waals surface area contributed by atoms with Crippen LogP contribution in [0.2, 0.25) is 0 Å². The Morgan fingerprint density at radius 2 is 1.24 bits per heavy atom. The summed E-state index contributed by atoms with van der Waals surface area (Å²) in [6.07, 6.45) is 0. The van der Waals surface area contributed by atoms with E-state index in [0.29, 0.717) is 11.1 Å². The number of carboxylic acids is 1. The van der Waals surface area contributed by atoms with Crippen LogP contribution in [-0.2, 0) is 29.8 Å². The van der Waals surface area contributed by atoms with Crippen LogP contribution in [0.5, 0.6) is 0 Å². The first-order valence-corrected chi connectivity index (χ1v) is 16.2. The number of rotatable bonds is 6. The summed E-state index contributed by atoms with van der Waals surface area (Å²) in [5, 5.41) is 18.8. The first kappa shape index (κ1) is 30.6. The van der Waals surface area contributed by atoms with Gasteiger partial charge in [-0.25, -0.2) is 9.48 Å². The van der Waals surface area contributed by atoms with Crippen molar-refractivity contribution in [3.05, 3.63) is 117 Å². The first-order chi connectivity index (χ1) is 21.6. The van der Waals surface area contributed by atoms with Crippen LogP contribution < -0.4 is 10.6 Å². The van der Waals surface area contributed by atoms with Crippen LogP contribution in [0.4, 0.5) is 5.69 Å². The average Bonchev–Trinajstić information content (AvgIpc) is 3.59. The largest absolute Gasteiger partial charge is 0.478 e. The summed E-state index contributed by atoms with van der Waals surface area (Å²) in [5.74, 6) is -2.13. The lowest BCUT2D eigenvalue weighted by atomic mass is 9.94. The minimum atomic E-state index is -4.49. The molecule has 2 heterocycles. The van der Waals surface area contributed by atoms with Gasteiger partial charge >= 0.3 is 5.97 Å². The number of carbonyl (C=O) groups excluding carboxylic acids is 1. The van der Waals surface area contributed by atoms with Crippen molar-refractivity contribution in [2.24, 2.45) is 5.10 Å². The van der Waals surface area contributed by atoms with Crippen molar-refractivity contribution in [3.8, 4) is 5.69 Å². The number of anilines is 1. The summed E-state index contributed by atoms with van der Waals surface area (Å²) in [7, 11) is -8.97. The van der Waals surface area contributed by atoms with E-state index in [2.05, 4.69) is 10.2 Å². The van der Waals surface area contributed by atoms with Gasteiger partial charge in [-0.15, -0.1) is 0 Å². The van der Waals surface area contributed by atoms with Gasteiger partial charge in [-0.2, -0.15) is 26.9 Å². The molecule has 1 aromatic heterocycles. The van der Waals surface area contributed by atoms with Gasteiger partial charge in [0.25, 0.3) is 31.7 Å². The Morgan fingerprint density at radius 3 is 1.74 bits per heavy atom. The number of aryl methyl sites for hydroxylation is 1. The van der Waals surface area contributed by atoms with Crippen molar-refractivity contribution in [2.75, 3.05) is 5.01 Å². The molecule has 0 saturated heterocycles. The number of hydrogen-bond donors (Lipinski definition) is 4. The summed E-state index contributed by atoms with van der Waals surface area (Å²) in [4.78, 5) is 40.0. The van der Waals surface area contributed by atoms with Gasteiger partial charge in [0.1, 0.15) is 0 Å². The fraction of sp³-hybridized carbons (Fsp3) is 0.0667. The molecule has 4 aromatic rings. The average molecular weight is 663 g/mol. The Morgan fingerprint density at radius 1 is 0.739 bits per heavy atom. The molecule has 16 heteroatoms. The van der Waals surface area contributed by atoms with Crippen LogP contribution >= 0.6 is 0 Å². The predicted octanol–water partition coefficient (Wildman–Crippen LogP) is 3.04. The number of benzene rings is 3. The van der Waals surface area contributed by atoms with Gasteiger partial charge in [0.05, 0.1) is 43.6 Å². The van der Waals surface area contributed by atoms with Gasteiger partial charge in [-0.05, 0) is 73.5 Å². The molecule has 0 atom stereocenters. The number of amides is 1. The smallest absolute Gasteiger partial charge is 0.337 e. The van der Waals surface area contributed by atoms with E-state index in [0.717, 1.165) is 34.0 Å². The quantitative estimate of drug-likeness (QED) is 0.175. The Kier molecular flexibility index (Phi) is 7.05. The molecule has 1 aliphatic heterocycles. The molecule has 46 heavy (non-hydrogen) atoms. The lowest BCUT2D eigenvalue weighted by molar-refractivity contribution is -0.132. The van der Waals surface area contributed by atoms with E-state index in [1.165, 1.54) is 31.2 Å². The molecular weight excluding hydrogens is 640 g/mol. The third kappa shape index (κ3) is 4.89. The monoisotopic (exact) mass is 662 g/mol. The van der Waals surface area contributed by atoms with E-state index in [9.17, 15) is 45.4 Å². The number of aromatic nitrogens is 2. The van der Waals surface area contributed by atoms with E-state index in [4.69, 9.17) is 0 Å². The van der Waals surface area contributed by atoms with E-state index >= 15 is 0 Å². The fourth-order valence-corrected chi connectivity index (χ4v) is 6.52. The van der Waals surface area contributed by atoms with E-state index in [1.807, 2.05) is 0 Å². The lowest BCUT2D eigenvalue weighted by Gasteiger charge is -2.13. The van der Waals surface area contributed by atoms with Crippen molar-refractivity contribution in [3.63, 3.8) is 0 Å². The number of nitrogens with zero attached hydrogens (tertiary/aromatic N) is 3. The summed E-state index contributed by atoms with van der Waals surface area (Å²) >= 11 is 0. The molecule has 6 rings (SSSR count). The van der Waals surface area contributed by atoms with Crippen LogP contribution in [0.1, 0.15) is 29.3 Å². The van der Waals surface area contributed by atoms with E-state index in [1.54, 1.807) is 31.2 Å². The van der Waals surface area contributed by atoms with Crippen LogP contribution in [-0.4, -0.2) is 58.4 Å². The molecule has 4 N–H and O–H groups in total. The molecule has 234 valence electrons. The zero-order valence-corrected chi connectivity index (χ0v) is 25.4. The minimum absolute atomic E-state index is 0.00278. The van der Waals surface area contributed by atoms with Gasteiger partial charge in [0.15, 0.2) is 0 Å². The van der Waals surface area contributed by atoms with Gasteiger partial charge in [-0.3, -0.25) is 23.8 Å². The van der Waals surface area contributed by atoms with Crippen LogP contribution in [0, 0.1) is 6.92 Å². The normalized spacial score (nSPS) is 16.7. The van der Waals surface area contributed by atoms with Crippen molar-refractivity contribution >= 4 is 54.7 Å². The summed E-state index contributed by atoms with van der Waals surface area (Å²) < 4.78 is 65.6. The van der Waals surface area contributed by atoms with Crippen LogP contribution in [0.3, 0.4) is 0 Å². The second-order valence-corrected chi connectivity index (χ2v) is 13.2. The van der Waals surface area contributed by atoms with Crippen molar-refractivity contribution in [1.82, 2.24) is 9.78 Å². The van der Waals surface area contributed by atoms with Crippen LogP contribution in [0.15, 0.2) is 104 Å². The molecule has 0 saturated carbocycles. The molecule has 0 unspecified atom stereocenters. The molecular formula is C30H22N4O10S2. The van der Waals surface area contributed by atoms with Gasteiger partial charge in [0, 0.05) is 16.8 Å². The molecule has 2 aliphatic rings. The number of aliphatic carboxylic acids is 1. The molecule has 0 bridgehead atoms. The predicted molar refractivity (Wildman–Crippen MR) is 165 cm³/mol. The molecule has 0 spiro atoms. The van der Waals surface area contributed by atoms with E-state index < -0.39 is 42.6 Å². The van der Waals surface area contributed by atoms with Gasteiger partial charge < -0.3 is 5.11 Å². The maximum absolute atomic E-state index is 13.9. The zero-order chi connectivity index (χ0) is 33.3. The molecule has 0 fully saturated rings. The highest BCUT2D eigenvalue weighted by atomic mass is 32.2. The van der Waals surface area contributed by atoms with Crippen molar-refractivity contribution in [2.45, 2.75) is 23.6 Å². The summed E-state index contributed by atoms with van der Waals surface area (Å²) in [6.45, 7) is 3.07. The molecule has 14 nitrogen and oxygen atoms in total. The van der Waals surface area contributed by atoms with Gasteiger partial charge in [0.2, 0.25) is 0 Å². The number of hydrazone groups is 1. The number of nitrogens with one attached hydrogen (secondary N) is 1. The number of hydrogen-bond acceptors (Lipinski definition) is 8. The van der Waals surface area contributed by atoms with Crippen LogP contribution in [0.25, 0.3) is 16.8 Å². The fourth-order valence-electron chi connectivity index (χ4n) is 5.56. The maximum atomic E-state index is 13.9. The molecule has 1 aliphatic carbocycles. The third-order valence-electron chi connectivity index (χ3n) is 7.54. The summed E-state index contributed by atoms with van der Waals surface area (Å²) in [6, 6.07) is 16.1. The molecule has 3 aromatic carbocycles. The van der Waals surface area contributed by atoms with E-state index in [-0.39, 0.29) is 55.5 Å². The van der Waals surface area contributed by atoms with Gasteiger partial charge in [-0.1, -0.05) is 24.3 Å². The number of fused-ring (bicyclic) bond motifs is 1. The topological polar surface area (TPSA) is 216 Å². The highest BCUT2D eigenvalue weighted by Crippen LogP contribution is 2.47. The first-order valence-electron chi connectivity index (χ1n) is 13.3. The minimum Gasteiger partial charge on any atom is -0.478 e. The number of carboxylic acid groups (broad SMARTS) is 1. The highest BCUT2D eigenvalue weighted by molar-refractivity contribution is 7.86. The lowest BCUT2D eigenvalue weighted by Crippen LogP contribution is -2.23. The van der Waals surface area contributed by atoms with Crippen molar-refractivity contribution < 1.29 is 40.6 Å². The number of H-pyrrole nitrogens is 1. The summed E-state index contributed by atoms with van der Waals surface area (Å²) in [5.41, 5.74) is 0.587. The maximum Gasteiger partial charge on any atom is 0.337 e. The number of carbonyl (C=O) groups is 2. The highest BCUT2D eigenvalue weighted by Gasteiger charge is 2.41. The molecule has 0 radical (unpaired) electrons. The SMILES string of the molecule is CC1=NN(c2ccc(S(=O)(=O)O)cc2)C(=O)/C1=C1/C(C(=O)O)=C(c2c(C)[nH]n(-c3ccc(S(=O)(=O)O)cc3)c2=O)c2ccccc21. The second-order valence-electron chi connectivity index (χ2n) is 10.3. The van der Waals surface area contributed by atoms with Crippen molar-refractivity contribution in [1.29, 1.82) is 0 Å². The Labute approximate surface area is 260 Å². The third-order valence-corrected chi connectivity index (χ3v) is 9.28. The standard InChI is InChI=1S/C30H22N4O10S2/c1-15-23(28(35)33(31-15)17-7-11-19(12-8-17)45(39,40)41)25-21-5-3-4-6-22(21)26(27(25)30(37)38)24-16(2)32-34(29(24)36)18-9-13-20(14-10-18)46(42,43)44/h3-14,31H,1-2H3,(H,37,38)(H,39,40,41)(H,42,43,44)/b26-24+. The Bertz CT molecular complexity index is 2380. The molecule has 1 amide bonds. The Balaban J connectivity index is 1.54. The number of aromatic amines is 1. The zero-order valence-electron chi connectivity index (χ0n) is 23.8.